The second kappa shape index (κ2) is 7.70. The molecular weight excluding hydrogens is 298 g/mol. The third kappa shape index (κ3) is 5.73. The predicted molar refractivity (Wildman–Crippen MR) is 89.8 cm³/mol. The van der Waals surface area contributed by atoms with Gasteiger partial charge >= 0.3 is 5.97 Å². The molecule has 0 aliphatic rings. The van der Waals surface area contributed by atoms with Crippen molar-refractivity contribution in [2.24, 2.45) is 0 Å². The maximum Gasteiger partial charge on any atom is 0.335 e. The Labute approximate surface area is 135 Å². The van der Waals surface area contributed by atoms with Crippen molar-refractivity contribution in [3.05, 3.63) is 42.0 Å². The predicted octanol–water partition coefficient (Wildman–Crippen LogP) is 3.28. The summed E-state index contributed by atoms with van der Waals surface area (Å²) >= 11 is 0. The quantitative estimate of drug-likeness (QED) is 0.645. The van der Waals surface area contributed by atoms with Gasteiger partial charge < -0.3 is 4.74 Å². The van der Waals surface area contributed by atoms with E-state index in [0.29, 0.717) is 11.3 Å². The molecule has 2 atom stereocenters. The van der Waals surface area contributed by atoms with Crippen LogP contribution in [0.4, 0.5) is 0 Å². The van der Waals surface area contributed by atoms with Crippen LogP contribution in [-0.4, -0.2) is 21.8 Å². The Bertz CT molecular complexity index is 558. The molecular formula is C17H25NO3S. The summed E-state index contributed by atoms with van der Waals surface area (Å²) in [6, 6.07) is 7.02. The summed E-state index contributed by atoms with van der Waals surface area (Å²) in [6.45, 7) is 13.1. The molecule has 0 heterocycles. The normalized spacial score (nSPS) is 14.2. The minimum atomic E-state index is -1.40. The minimum Gasteiger partial charge on any atom is -0.457 e. The van der Waals surface area contributed by atoms with Crippen LogP contribution < -0.4 is 4.72 Å². The summed E-state index contributed by atoms with van der Waals surface area (Å²) in [4.78, 5) is 12.7. The van der Waals surface area contributed by atoms with Gasteiger partial charge in [0.2, 0.25) is 0 Å². The van der Waals surface area contributed by atoms with Crippen LogP contribution in [0, 0.1) is 6.92 Å². The molecule has 0 amide bonds. The van der Waals surface area contributed by atoms with E-state index in [4.69, 9.17) is 4.74 Å². The lowest BCUT2D eigenvalue weighted by Crippen LogP contribution is -2.37. The molecule has 0 aliphatic carbocycles. The molecule has 0 aromatic heterocycles. The second-order valence-electron chi connectivity index (χ2n) is 6.19. The summed E-state index contributed by atoms with van der Waals surface area (Å²) in [5.74, 6) is -0.465. The van der Waals surface area contributed by atoms with Gasteiger partial charge in [-0.3, -0.25) is 0 Å². The topological polar surface area (TPSA) is 55.4 Å². The highest BCUT2D eigenvalue weighted by Crippen LogP contribution is 2.15. The van der Waals surface area contributed by atoms with Crippen LogP contribution in [-0.2, 0) is 20.5 Å². The Morgan fingerprint density at radius 2 is 1.86 bits per heavy atom. The van der Waals surface area contributed by atoms with E-state index in [1.54, 1.807) is 32.9 Å². The van der Waals surface area contributed by atoms with Crippen molar-refractivity contribution in [2.45, 2.75) is 57.6 Å². The number of esters is 1. The number of aryl methyl sites for hydroxylation is 1. The molecule has 22 heavy (non-hydrogen) atoms. The van der Waals surface area contributed by atoms with Gasteiger partial charge in [0.25, 0.3) is 0 Å². The van der Waals surface area contributed by atoms with Crippen molar-refractivity contribution < 1.29 is 13.7 Å². The molecule has 0 radical (unpaired) electrons. The summed E-state index contributed by atoms with van der Waals surface area (Å²) in [5, 5.41) is 0. The molecule has 0 saturated carbocycles. The third-order valence-corrected chi connectivity index (χ3v) is 4.17. The molecule has 0 spiro atoms. The average molecular weight is 323 g/mol. The molecule has 1 N–H and O–H groups in total. The van der Waals surface area contributed by atoms with Gasteiger partial charge in [0, 0.05) is 5.57 Å². The molecule has 0 bridgehead atoms. The van der Waals surface area contributed by atoms with Crippen LogP contribution >= 0.6 is 0 Å². The highest BCUT2D eigenvalue weighted by Gasteiger charge is 2.24. The van der Waals surface area contributed by atoms with Gasteiger partial charge in [-0.1, -0.05) is 31.2 Å². The van der Waals surface area contributed by atoms with Crippen LogP contribution in [0.3, 0.4) is 0 Å². The first kappa shape index (κ1) is 18.6. The van der Waals surface area contributed by atoms with Gasteiger partial charge in [-0.05, 0) is 46.2 Å². The highest BCUT2D eigenvalue weighted by atomic mass is 32.2. The number of rotatable bonds is 6. The summed E-state index contributed by atoms with van der Waals surface area (Å²) in [6.07, 6.45) is 0.593. The van der Waals surface area contributed by atoms with Gasteiger partial charge in [-0.2, -0.15) is 0 Å². The summed E-state index contributed by atoms with van der Waals surface area (Å²) in [5.41, 5.74) is 0.817. The van der Waals surface area contributed by atoms with Crippen LogP contribution in [0.15, 0.2) is 41.3 Å². The highest BCUT2D eigenvalue weighted by molar-refractivity contribution is 7.83. The lowest BCUT2D eigenvalue weighted by Gasteiger charge is -2.23. The van der Waals surface area contributed by atoms with E-state index >= 15 is 0 Å². The molecule has 1 rings (SSSR count). The number of hydrogen-bond acceptors (Lipinski definition) is 3. The fraction of sp³-hybridized carbons (Fsp3) is 0.471. The second-order valence-corrected chi connectivity index (χ2v) is 7.43. The van der Waals surface area contributed by atoms with Crippen molar-refractivity contribution in [2.75, 3.05) is 0 Å². The third-order valence-electron chi connectivity index (χ3n) is 2.97. The van der Waals surface area contributed by atoms with Crippen LogP contribution in [0.25, 0.3) is 0 Å². The van der Waals surface area contributed by atoms with Crippen LogP contribution in [0.1, 0.15) is 39.7 Å². The van der Waals surface area contributed by atoms with E-state index in [9.17, 15) is 9.00 Å². The monoisotopic (exact) mass is 323 g/mol. The molecule has 0 fully saturated rings. The zero-order chi connectivity index (χ0) is 16.9. The first-order valence-electron chi connectivity index (χ1n) is 7.30. The zero-order valence-electron chi connectivity index (χ0n) is 13.9. The summed E-state index contributed by atoms with van der Waals surface area (Å²) < 4.78 is 20.6. The molecule has 0 saturated heterocycles. The molecule has 5 heteroatoms. The summed E-state index contributed by atoms with van der Waals surface area (Å²) in [7, 11) is -1.40. The number of benzene rings is 1. The number of hydrogen-bond donors (Lipinski definition) is 1. The number of carbonyl (C=O) groups excluding carboxylic acids is 1. The fourth-order valence-corrected chi connectivity index (χ4v) is 2.83. The van der Waals surface area contributed by atoms with Gasteiger partial charge in [0.1, 0.15) is 16.6 Å². The zero-order valence-corrected chi connectivity index (χ0v) is 14.8. The Hall–Kier alpha value is -1.46. The van der Waals surface area contributed by atoms with E-state index < -0.39 is 28.6 Å². The SMILES string of the molecule is C=C(C(=O)OC(C)(C)C)[C@H](CC)N[S@@](=O)c1ccc(C)cc1. The number of carbonyl (C=O) groups is 1. The smallest absolute Gasteiger partial charge is 0.335 e. The maximum absolute atomic E-state index is 12.3. The van der Waals surface area contributed by atoms with Gasteiger partial charge in [-0.15, -0.1) is 0 Å². The Kier molecular flexibility index (Phi) is 6.50. The van der Waals surface area contributed by atoms with E-state index in [1.807, 2.05) is 26.0 Å². The first-order chi connectivity index (χ1) is 10.1. The number of ether oxygens (including phenoxy) is 1. The van der Waals surface area contributed by atoms with Crippen LogP contribution in [0.5, 0.6) is 0 Å². The standard InChI is InChI=1S/C17H25NO3S/c1-7-15(13(3)16(19)21-17(4,5)6)18-22(20)14-10-8-12(2)9-11-14/h8-11,15,18H,3,7H2,1-2,4-6H3/t15-,22-/m0/s1. The molecule has 0 unspecified atom stereocenters. The Balaban J connectivity index is 2.75. The van der Waals surface area contributed by atoms with E-state index in [0.717, 1.165) is 5.56 Å². The van der Waals surface area contributed by atoms with Crippen molar-refractivity contribution in [3.8, 4) is 0 Å². The van der Waals surface area contributed by atoms with Crippen molar-refractivity contribution >= 4 is 17.0 Å². The van der Waals surface area contributed by atoms with Crippen LogP contribution in [0.2, 0.25) is 0 Å². The lowest BCUT2D eigenvalue weighted by molar-refractivity contribution is -0.150. The molecule has 4 nitrogen and oxygen atoms in total. The van der Waals surface area contributed by atoms with Crippen molar-refractivity contribution in [1.29, 1.82) is 0 Å². The van der Waals surface area contributed by atoms with Gasteiger partial charge in [0.15, 0.2) is 0 Å². The van der Waals surface area contributed by atoms with Gasteiger partial charge in [0.05, 0.1) is 10.9 Å². The van der Waals surface area contributed by atoms with E-state index in [1.165, 1.54) is 0 Å². The number of nitrogens with one attached hydrogen (secondary N) is 1. The largest absolute Gasteiger partial charge is 0.457 e. The molecule has 122 valence electrons. The van der Waals surface area contributed by atoms with Gasteiger partial charge in [-0.25, -0.2) is 13.7 Å². The lowest BCUT2D eigenvalue weighted by atomic mass is 10.1. The molecule has 0 aliphatic heterocycles. The minimum absolute atomic E-state index is 0.290. The molecule has 1 aromatic rings. The molecule has 1 aromatic carbocycles. The Morgan fingerprint density at radius 1 is 1.32 bits per heavy atom. The average Bonchev–Trinajstić information content (AvgIpc) is 2.42. The maximum atomic E-state index is 12.3. The van der Waals surface area contributed by atoms with Crippen molar-refractivity contribution in [1.82, 2.24) is 4.72 Å². The Morgan fingerprint density at radius 3 is 2.32 bits per heavy atom. The first-order valence-corrected chi connectivity index (χ1v) is 8.45. The van der Waals surface area contributed by atoms with E-state index in [-0.39, 0.29) is 5.57 Å². The fourth-order valence-electron chi connectivity index (χ4n) is 1.75. The van der Waals surface area contributed by atoms with E-state index in [2.05, 4.69) is 11.3 Å². The van der Waals surface area contributed by atoms with Crippen molar-refractivity contribution in [3.63, 3.8) is 0 Å².